The summed E-state index contributed by atoms with van der Waals surface area (Å²) in [7, 11) is -3.46. The van der Waals surface area contributed by atoms with Crippen LogP contribution in [0.15, 0.2) is 356 Å². The van der Waals surface area contributed by atoms with Gasteiger partial charge in [0.2, 0.25) is 6.71 Å². The molecule has 2 aliphatic rings. The molecule has 0 radical (unpaired) electrons. The molecule has 90 heavy (non-hydrogen) atoms. The molecule has 422 valence electrons. The highest BCUT2D eigenvalue weighted by Gasteiger charge is 2.54. The summed E-state index contributed by atoms with van der Waals surface area (Å²) in [5.74, 6) is 0. The van der Waals surface area contributed by atoms with Crippen LogP contribution in [0.5, 0.6) is 0 Å². The van der Waals surface area contributed by atoms with E-state index in [1.807, 2.05) is 0 Å². The third-order valence-corrected chi connectivity index (χ3v) is 23.4. The van der Waals surface area contributed by atoms with E-state index in [2.05, 4.69) is 367 Å². The van der Waals surface area contributed by atoms with E-state index in [4.69, 9.17) is 4.42 Å². The number of nitrogens with zero attached hydrogens (tertiary/aromatic N) is 3. The fourth-order valence-electron chi connectivity index (χ4n) is 14.7. The second-order valence-electron chi connectivity index (χ2n) is 23.5. The Kier molecular flexibility index (Phi) is 13.0. The average Bonchev–Trinajstić information content (AvgIpc) is 0.762. The van der Waals surface area contributed by atoms with Gasteiger partial charge in [-0.25, -0.2) is 0 Å². The summed E-state index contributed by atoms with van der Waals surface area (Å²) in [6.07, 6.45) is 0. The molecule has 0 aliphatic carbocycles. The highest BCUT2D eigenvalue weighted by atomic mass is 28.3. The number of hydrogen-bond donors (Lipinski definition) is 0. The van der Waals surface area contributed by atoms with Crippen LogP contribution in [0.3, 0.4) is 0 Å². The molecular weight excluding hydrogens is 1110 g/mol. The highest BCUT2D eigenvalue weighted by Crippen LogP contribution is 2.50. The van der Waals surface area contributed by atoms with Crippen molar-refractivity contribution >= 4 is 125 Å². The third kappa shape index (κ3) is 8.67. The smallest absolute Gasteiger partial charge is 0.246 e. The van der Waals surface area contributed by atoms with Gasteiger partial charge in [-0.1, -0.05) is 260 Å². The van der Waals surface area contributed by atoms with Crippen molar-refractivity contribution in [1.82, 2.24) is 0 Å². The van der Waals surface area contributed by atoms with Crippen molar-refractivity contribution in [3.63, 3.8) is 0 Å². The van der Waals surface area contributed by atoms with E-state index >= 15 is 0 Å². The largest absolute Gasteiger partial charge is 0.456 e. The van der Waals surface area contributed by atoms with Gasteiger partial charge >= 0.3 is 0 Å². The van der Waals surface area contributed by atoms with Crippen LogP contribution >= 0.6 is 0 Å². The number of rotatable bonds is 12. The van der Waals surface area contributed by atoms with Gasteiger partial charge in [0.05, 0.1) is 5.69 Å². The van der Waals surface area contributed by atoms with Gasteiger partial charge in [0, 0.05) is 67.4 Å². The third-order valence-electron chi connectivity index (χ3n) is 18.5. The Morgan fingerprint density at radius 1 is 0.289 bits per heavy atom. The van der Waals surface area contributed by atoms with E-state index in [0.29, 0.717) is 0 Å². The van der Waals surface area contributed by atoms with Gasteiger partial charge in [-0.3, -0.25) is 0 Å². The molecule has 3 heterocycles. The minimum atomic E-state index is -3.46. The summed E-state index contributed by atoms with van der Waals surface area (Å²) in [4.78, 5) is 7.53. The van der Waals surface area contributed by atoms with Gasteiger partial charge in [-0.05, 0) is 151 Å². The maximum absolute atomic E-state index is 6.59. The zero-order chi connectivity index (χ0) is 59.5. The molecule has 2 aliphatic heterocycles. The van der Waals surface area contributed by atoms with Gasteiger partial charge < -0.3 is 19.1 Å². The van der Waals surface area contributed by atoms with Crippen LogP contribution in [0, 0.1) is 0 Å². The number of fused-ring (bicyclic) bond motifs is 7. The van der Waals surface area contributed by atoms with E-state index in [1.165, 1.54) is 37.1 Å². The summed E-state index contributed by atoms with van der Waals surface area (Å²) in [5, 5.41) is 7.55. The van der Waals surface area contributed by atoms with E-state index in [9.17, 15) is 0 Å². The molecule has 0 spiro atoms. The second-order valence-corrected chi connectivity index (χ2v) is 27.2. The zero-order valence-electron chi connectivity index (χ0n) is 49.3. The van der Waals surface area contributed by atoms with Crippen LogP contribution in [0.1, 0.15) is 0 Å². The lowest BCUT2D eigenvalue weighted by molar-refractivity contribution is 0.669. The number of hydrogen-bond acceptors (Lipinski definition) is 4. The predicted octanol–water partition coefficient (Wildman–Crippen LogP) is 17.5. The molecule has 0 fully saturated rings. The lowest BCUT2D eigenvalue weighted by Gasteiger charge is -2.48. The summed E-state index contributed by atoms with van der Waals surface area (Å²) in [5.41, 5.74) is 22.3. The maximum Gasteiger partial charge on any atom is 0.246 e. The average molecular weight is 1160 g/mol. The van der Waals surface area contributed by atoms with Gasteiger partial charge in [0.15, 0.2) is 8.07 Å². The first kappa shape index (κ1) is 52.9. The number of anilines is 9. The summed E-state index contributed by atoms with van der Waals surface area (Å²) in [6, 6.07) is 131. The normalized spacial score (nSPS) is 12.7. The van der Waals surface area contributed by atoms with Gasteiger partial charge in [0.1, 0.15) is 11.2 Å². The lowest BCUT2D eigenvalue weighted by Crippen LogP contribution is -2.87. The van der Waals surface area contributed by atoms with Crippen LogP contribution in [-0.4, -0.2) is 14.8 Å². The van der Waals surface area contributed by atoms with Gasteiger partial charge in [-0.15, -0.1) is 0 Å². The maximum atomic E-state index is 6.59. The Balaban J connectivity index is 1.06. The van der Waals surface area contributed by atoms with Gasteiger partial charge in [0.25, 0.3) is 0 Å². The second kappa shape index (κ2) is 22.1. The quantitative estimate of drug-likeness (QED) is 0.114. The Morgan fingerprint density at radius 2 is 0.744 bits per heavy atom. The molecule has 15 aromatic rings. The van der Waals surface area contributed by atoms with E-state index in [0.717, 1.165) is 107 Å². The van der Waals surface area contributed by atoms with Crippen molar-refractivity contribution in [1.29, 1.82) is 0 Å². The molecular formula is C84H58BN3OSi. The van der Waals surface area contributed by atoms with Crippen molar-refractivity contribution in [2.45, 2.75) is 0 Å². The fourth-order valence-corrected chi connectivity index (χ4v) is 20.1. The van der Waals surface area contributed by atoms with E-state index < -0.39 is 8.07 Å². The van der Waals surface area contributed by atoms with Crippen LogP contribution in [-0.2, 0) is 0 Å². The Bertz CT molecular complexity index is 4950. The Morgan fingerprint density at radius 3 is 1.28 bits per heavy atom. The Labute approximate surface area is 526 Å². The first-order chi connectivity index (χ1) is 44.7. The molecule has 6 heteroatoms. The van der Waals surface area contributed by atoms with Crippen LogP contribution in [0.4, 0.5) is 51.2 Å². The number of benzene rings is 14. The first-order valence-corrected chi connectivity index (χ1v) is 33.0. The van der Waals surface area contributed by atoms with Crippen molar-refractivity contribution in [3.05, 3.63) is 352 Å². The summed E-state index contributed by atoms with van der Waals surface area (Å²) >= 11 is 0. The molecule has 0 saturated heterocycles. The molecule has 0 atom stereocenters. The SMILES string of the molecule is c1ccc(-c2cccc(-c3ccccc3)c2N2c3cc(N(c4ccccc4)c4ccccc4)ccc3B3c4ccc(N(c5ccccc5)c5ccccc5)cc4[Si](c4ccccc4)(c4ccccc4)c4cc(-c5ccc6oc7ccccc7c6c5)cc2c43)cc1. The molecule has 0 saturated carbocycles. The monoisotopic (exact) mass is 1160 g/mol. The van der Waals surface area contributed by atoms with Crippen molar-refractivity contribution in [3.8, 4) is 33.4 Å². The van der Waals surface area contributed by atoms with Crippen molar-refractivity contribution in [2.75, 3.05) is 14.7 Å². The Hall–Kier alpha value is -11.4. The molecule has 0 bridgehead atoms. The first-order valence-electron chi connectivity index (χ1n) is 31.0. The molecule has 17 rings (SSSR count). The van der Waals surface area contributed by atoms with Crippen LogP contribution in [0.2, 0.25) is 0 Å². The van der Waals surface area contributed by atoms with Crippen LogP contribution < -0.4 is 51.8 Å². The summed E-state index contributed by atoms with van der Waals surface area (Å²) in [6.45, 7) is -0.199. The van der Waals surface area contributed by atoms with Crippen molar-refractivity contribution < 1.29 is 4.42 Å². The van der Waals surface area contributed by atoms with Gasteiger partial charge in [-0.2, -0.15) is 0 Å². The zero-order valence-corrected chi connectivity index (χ0v) is 50.3. The van der Waals surface area contributed by atoms with Crippen molar-refractivity contribution in [2.24, 2.45) is 0 Å². The highest BCUT2D eigenvalue weighted by molar-refractivity contribution is 7.26. The topological polar surface area (TPSA) is 22.9 Å². The fraction of sp³-hybridized carbons (Fsp3) is 0. The molecule has 1 aromatic heterocycles. The van der Waals surface area contributed by atoms with E-state index in [1.54, 1.807) is 0 Å². The number of para-hydroxylation sites is 6. The molecule has 14 aromatic carbocycles. The molecule has 0 N–H and O–H groups in total. The minimum Gasteiger partial charge on any atom is -0.456 e. The summed E-state index contributed by atoms with van der Waals surface area (Å²) < 4.78 is 6.59. The molecule has 0 unspecified atom stereocenters. The molecule has 4 nitrogen and oxygen atoms in total. The predicted molar refractivity (Wildman–Crippen MR) is 382 cm³/mol. The number of furan rings is 1. The lowest BCUT2D eigenvalue weighted by atomic mass is 9.34. The molecule has 0 amide bonds. The van der Waals surface area contributed by atoms with E-state index in [-0.39, 0.29) is 6.71 Å². The standard InChI is InChI=1S/C84H58BN3OSi/c1-9-28-59(29-10-1)71-45-27-46-72(60-30-11-2-12-31-60)84(71)88-77-57-67(86(63-32-13-3-14-33-63)64-34-15-4-16-35-64)49-51-75(77)85-76-52-50-68(87(65-36-17-5-18-37-65)66-38-19-6-20-39-66)58-81(76)90(69-40-21-7-22-41-69,70-42-23-8-24-43-70)82-56-62(55-78(88)83(82)85)61-48-53-80-74(54-61)73-44-25-26-47-79(73)89-80/h1-58H. The minimum absolute atomic E-state index is 0.199. The van der Waals surface area contributed by atoms with Crippen LogP contribution in [0.25, 0.3) is 55.3 Å².